The second-order valence-corrected chi connectivity index (χ2v) is 7.43. The number of pyridine rings is 1. The number of para-hydroxylation sites is 1. The van der Waals surface area contributed by atoms with Gasteiger partial charge in [-0.25, -0.2) is 4.98 Å². The predicted octanol–water partition coefficient (Wildman–Crippen LogP) is 4.86. The Morgan fingerprint density at radius 3 is 2.63 bits per heavy atom. The van der Waals surface area contributed by atoms with Gasteiger partial charge < -0.3 is 19.0 Å². The number of fused-ring (bicyclic) bond motifs is 1. The molecule has 4 rings (SSSR count). The molecular weight excluding hydrogens is 378 g/mol. The van der Waals surface area contributed by atoms with Gasteiger partial charge in [0.2, 0.25) is 5.56 Å². The van der Waals surface area contributed by atoms with Crippen LogP contribution in [-0.4, -0.2) is 28.3 Å². The van der Waals surface area contributed by atoms with Crippen molar-refractivity contribution in [1.82, 2.24) is 14.5 Å². The largest absolute Gasteiger partial charge is 0.454 e. The molecule has 0 saturated heterocycles. The summed E-state index contributed by atoms with van der Waals surface area (Å²) in [7, 11) is 3.45. The van der Waals surface area contributed by atoms with Crippen molar-refractivity contribution in [3.8, 4) is 22.6 Å². The summed E-state index contributed by atoms with van der Waals surface area (Å²) in [5.74, 6) is 2.52. The lowest BCUT2D eigenvalue weighted by Crippen LogP contribution is -2.14. The molecular formula is C24H25N3O3. The SMILES string of the molecule is COCCC(C)c1nc2c(Oc3ccccc3)c(-c3ccc(=O)n(C)c3)ccc2[nH]1. The number of hydrogen-bond acceptors (Lipinski definition) is 4. The van der Waals surface area contributed by atoms with Crippen LogP contribution in [0.2, 0.25) is 0 Å². The summed E-state index contributed by atoms with van der Waals surface area (Å²) in [4.78, 5) is 20.2. The Balaban J connectivity index is 1.86. The van der Waals surface area contributed by atoms with Crippen molar-refractivity contribution in [1.29, 1.82) is 0 Å². The minimum Gasteiger partial charge on any atom is -0.454 e. The molecule has 0 saturated carbocycles. The number of H-pyrrole nitrogens is 1. The summed E-state index contributed by atoms with van der Waals surface area (Å²) in [5, 5.41) is 0. The molecule has 1 unspecified atom stereocenters. The van der Waals surface area contributed by atoms with Gasteiger partial charge in [0.1, 0.15) is 17.1 Å². The van der Waals surface area contributed by atoms with Crippen molar-refractivity contribution in [3.05, 3.63) is 77.0 Å². The third-order valence-corrected chi connectivity index (χ3v) is 5.21. The molecule has 30 heavy (non-hydrogen) atoms. The quantitative estimate of drug-likeness (QED) is 0.478. The van der Waals surface area contributed by atoms with Crippen LogP contribution in [0, 0.1) is 0 Å². The second kappa shape index (κ2) is 8.55. The number of methoxy groups -OCH3 is 1. The van der Waals surface area contributed by atoms with Crippen LogP contribution < -0.4 is 10.3 Å². The Labute approximate surface area is 175 Å². The maximum absolute atomic E-state index is 11.9. The topological polar surface area (TPSA) is 69.1 Å². The first-order chi connectivity index (χ1) is 14.6. The van der Waals surface area contributed by atoms with E-state index in [9.17, 15) is 4.79 Å². The highest BCUT2D eigenvalue weighted by molar-refractivity contribution is 5.91. The third kappa shape index (κ3) is 4.00. The molecule has 2 aromatic heterocycles. The first kappa shape index (κ1) is 19.9. The van der Waals surface area contributed by atoms with Crippen LogP contribution in [0.5, 0.6) is 11.5 Å². The average molecular weight is 403 g/mol. The van der Waals surface area contributed by atoms with E-state index in [-0.39, 0.29) is 11.5 Å². The lowest BCUT2D eigenvalue weighted by atomic mass is 10.1. The number of ether oxygens (including phenoxy) is 2. The Morgan fingerprint density at radius 1 is 1.10 bits per heavy atom. The van der Waals surface area contributed by atoms with Crippen LogP contribution in [0.15, 0.2) is 65.6 Å². The highest BCUT2D eigenvalue weighted by atomic mass is 16.5. The van der Waals surface area contributed by atoms with E-state index in [0.29, 0.717) is 12.4 Å². The fourth-order valence-electron chi connectivity index (χ4n) is 3.42. The number of aromatic nitrogens is 3. The lowest BCUT2D eigenvalue weighted by molar-refractivity contribution is 0.188. The zero-order valence-electron chi connectivity index (χ0n) is 17.4. The van der Waals surface area contributed by atoms with Crippen LogP contribution in [0.25, 0.3) is 22.2 Å². The molecule has 0 aliphatic carbocycles. The van der Waals surface area contributed by atoms with E-state index >= 15 is 0 Å². The molecule has 0 radical (unpaired) electrons. The zero-order chi connectivity index (χ0) is 21.1. The highest BCUT2D eigenvalue weighted by Gasteiger charge is 2.18. The Hall–Kier alpha value is -3.38. The Kier molecular flexibility index (Phi) is 5.68. The van der Waals surface area contributed by atoms with Crippen molar-refractivity contribution in [2.75, 3.05) is 13.7 Å². The van der Waals surface area contributed by atoms with Crippen LogP contribution >= 0.6 is 0 Å². The number of rotatable bonds is 7. The van der Waals surface area contributed by atoms with E-state index in [1.807, 2.05) is 54.7 Å². The van der Waals surface area contributed by atoms with Gasteiger partial charge in [0.15, 0.2) is 5.75 Å². The number of nitrogens with one attached hydrogen (secondary N) is 1. The standard InChI is InChI=1S/C24H25N3O3/c1-16(13-14-29-3)24-25-20-11-10-19(17-9-12-21(28)27(2)15-17)23(22(20)26-24)30-18-7-5-4-6-8-18/h4-12,15-16H,13-14H2,1-3H3,(H,25,26). The third-order valence-electron chi connectivity index (χ3n) is 5.21. The molecule has 2 aromatic carbocycles. The van der Waals surface area contributed by atoms with Crippen molar-refractivity contribution >= 4 is 11.0 Å². The second-order valence-electron chi connectivity index (χ2n) is 7.43. The maximum atomic E-state index is 11.9. The van der Waals surface area contributed by atoms with Gasteiger partial charge in [-0.1, -0.05) is 25.1 Å². The fraction of sp³-hybridized carbons (Fsp3) is 0.250. The van der Waals surface area contributed by atoms with Crippen LogP contribution in [0.4, 0.5) is 0 Å². The van der Waals surface area contributed by atoms with E-state index < -0.39 is 0 Å². The van der Waals surface area contributed by atoms with Gasteiger partial charge in [-0.3, -0.25) is 4.79 Å². The Morgan fingerprint density at radius 2 is 1.90 bits per heavy atom. The molecule has 6 heteroatoms. The molecule has 0 aliphatic heterocycles. The average Bonchev–Trinajstić information content (AvgIpc) is 3.20. The molecule has 1 N–H and O–H groups in total. The monoisotopic (exact) mass is 403 g/mol. The summed E-state index contributed by atoms with van der Waals surface area (Å²) in [6.07, 6.45) is 2.69. The van der Waals surface area contributed by atoms with Crippen LogP contribution in [0.1, 0.15) is 25.1 Å². The van der Waals surface area contributed by atoms with Crippen molar-refractivity contribution in [2.45, 2.75) is 19.3 Å². The van der Waals surface area contributed by atoms with Crippen LogP contribution in [0.3, 0.4) is 0 Å². The number of hydrogen-bond donors (Lipinski definition) is 1. The van der Waals surface area contributed by atoms with Crippen molar-refractivity contribution in [2.24, 2.45) is 7.05 Å². The van der Waals surface area contributed by atoms with Crippen molar-refractivity contribution in [3.63, 3.8) is 0 Å². The first-order valence-corrected chi connectivity index (χ1v) is 9.98. The van der Waals surface area contributed by atoms with E-state index in [0.717, 1.165) is 40.2 Å². The number of nitrogens with zero attached hydrogens (tertiary/aromatic N) is 2. The molecule has 1 atom stereocenters. The number of aryl methyl sites for hydroxylation is 1. The predicted molar refractivity (Wildman–Crippen MR) is 118 cm³/mol. The molecule has 0 amide bonds. The molecule has 0 aliphatic rings. The molecule has 154 valence electrons. The minimum atomic E-state index is -0.0561. The van der Waals surface area contributed by atoms with E-state index in [1.165, 1.54) is 0 Å². The first-order valence-electron chi connectivity index (χ1n) is 9.98. The fourth-order valence-corrected chi connectivity index (χ4v) is 3.42. The van der Waals surface area contributed by atoms with Crippen molar-refractivity contribution < 1.29 is 9.47 Å². The van der Waals surface area contributed by atoms with E-state index in [1.54, 1.807) is 24.8 Å². The van der Waals surface area contributed by atoms with Gasteiger partial charge in [0.05, 0.1) is 5.52 Å². The highest BCUT2D eigenvalue weighted by Crippen LogP contribution is 2.39. The molecule has 0 spiro atoms. The molecule has 6 nitrogen and oxygen atoms in total. The number of benzene rings is 2. The zero-order valence-corrected chi connectivity index (χ0v) is 17.4. The summed E-state index contributed by atoms with van der Waals surface area (Å²) < 4.78 is 13.1. The Bertz CT molecular complexity index is 1210. The van der Waals surface area contributed by atoms with Gasteiger partial charge in [-0.05, 0) is 36.8 Å². The smallest absolute Gasteiger partial charge is 0.250 e. The molecule has 0 fully saturated rings. The molecule has 4 aromatic rings. The van der Waals surface area contributed by atoms with Gasteiger partial charge in [-0.15, -0.1) is 0 Å². The van der Waals surface area contributed by atoms with E-state index in [4.69, 9.17) is 14.5 Å². The van der Waals surface area contributed by atoms with Gasteiger partial charge in [0.25, 0.3) is 0 Å². The summed E-state index contributed by atoms with van der Waals surface area (Å²) in [6, 6.07) is 17.0. The number of aromatic amines is 1. The van der Waals surface area contributed by atoms with Gasteiger partial charge in [-0.2, -0.15) is 0 Å². The van der Waals surface area contributed by atoms with E-state index in [2.05, 4.69) is 11.9 Å². The summed E-state index contributed by atoms with van der Waals surface area (Å²) >= 11 is 0. The van der Waals surface area contributed by atoms with Gasteiger partial charge in [0, 0.05) is 50.1 Å². The molecule has 2 heterocycles. The maximum Gasteiger partial charge on any atom is 0.250 e. The summed E-state index contributed by atoms with van der Waals surface area (Å²) in [5.41, 5.74) is 3.39. The molecule has 0 bridgehead atoms. The number of imidazole rings is 1. The van der Waals surface area contributed by atoms with Gasteiger partial charge >= 0.3 is 0 Å². The normalized spacial score (nSPS) is 12.2. The minimum absolute atomic E-state index is 0.0561. The summed E-state index contributed by atoms with van der Waals surface area (Å²) in [6.45, 7) is 2.80. The van der Waals surface area contributed by atoms with Crippen LogP contribution in [-0.2, 0) is 11.8 Å². The lowest BCUT2D eigenvalue weighted by Gasteiger charge is -2.13.